The monoisotopic (exact) mass is 353 g/mol. The fourth-order valence-electron chi connectivity index (χ4n) is 2.12. The van der Waals surface area contributed by atoms with Gasteiger partial charge in [0.25, 0.3) is 0 Å². The maximum atomic E-state index is 11.9. The highest BCUT2D eigenvalue weighted by Gasteiger charge is 2.15. The number of hydrogen-bond acceptors (Lipinski definition) is 4. The predicted molar refractivity (Wildman–Crippen MR) is 103 cm³/mol. The molecular weight excluding hydrogens is 326 g/mol. The number of benzene rings is 1. The molecule has 0 aliphatic carbocycles. The Morgan fingerprint density at radius 2 is 2.13 bits per heavy atom. The molecule has 1 amide bonds. The van der Waals surface area contributed by atoms with Crippen molar-refractivity contribution in [2.75, 3.05) is 5.75 Å². The molecular formula is C17H27N3OS2. The zero-order valence-electron chi connectivity index (χ0n) is 13.7. The van der Waals surface area contributed by atoms with Crippen LogP contribution in [-0.4, -0.2) is 23.5 Å². The van der Waals surface area contributed by atoms with E-state index >= 15 is 0 Å². The number of carbonyl (C=O) groups excluding carboxylic acids is 1. The molecule has 1 aromatic carbocycles. The van der Waals surface area contributed by atoms with E-state index in [1.54, 1.807) is 11.8 Å². The zero-order chi connectivity index (χ0) is 17.1. The fourth-order valence-corrected chi connectivity index (χ4v) is 3.35. The number of unbranched alkanes of at least 4 members (excludes halogenated alkanes) is 2. The molecule has 0 aliphatic rings. The molecule has 23 heavy (non-hydrogen) atoms. The van der Waals surface area contributed by atoms with Crippen molar-refractivity contribution in [2.45, 2.75) is 50.2 Å². The van der Waals surface area contributed by atoms with Crippen LogP contribution in [0.4, 0.5) is 0 Å². The SMILES string of the molecule is CCCCCC(=O)N[C@@H](CSCc1cccc(CS)c1)C(=N)N. The Balaban J connectivity index is 2.40. The Bertz CT molecular complexity index is 508. The smallest absolute Gasteiger partial charge is 0.220 e. The molecule has 0 saturated heterocycles. The summed E-state index contributed by atoms with van der Waals surface area (Å²) in [5, 5.41) is 10.5. The minimum absolute atomic E-state index is 0.0173. The Hall–Kier alpha value is -1.14. The zero-order valence-corrected chi connectivity index (χ0v) is 15.4. The number of nitrogens with two attached hydrogens (primary N) is 1. The van der Waals surface area contributed by atoms with E-state index in [0.29, 0.717) is 12.2 Å². The highest BCUT2D eigenvalue weighted by Crippen LogP contribution is 2.16. The van der Waals surface area contributed by atoms with Gasteiger partial charge in [-0.05, 0) is 17.5 Å². The quantitative estimate of drug-likeness (QED) is 0.213. The molecule has 1 aromatic rings. The van der Waals surface area contributed by atoms with Crippen LogP contribution in [0.15, 0.2) is 24.3 Å². The van der Waals surface area contributed by atoms with Crippen molar-refractivity contribution in [3.63, 3.8) is 0 Å². The van der Waals surface area contributed by atoms with Gasteiger partial charge in [-0.2, -0.15) is 24.4 Å². The van der Waals surface area contributed by atoms with Crippen molar-refractivity contribution < 1.29 is 4.79 Å². The summed E-state index contributed by atoms with van der Waals surface area (Å²) in [7, 11) is 0. The summed E-state index contributed by atoms with van der Waals surface area (Å²) >= 11 is 5.95. The van der Waals surface area contributed by atoms with Gasteiger partial charge in [0.2, 0.25) is 5.91 Å². The first kappa shape index (κ1) is 19.9. The van der Waals surface area contributed by atoms with E-state index in [1.165, 1.54) is 11.1 Å². The Kier molecular flexibility index (Phi) is 9.87. The molecule has 0 saturated carbocycles. The van der Waals surface area contributed by atoms with Crippen LogP contribution in [0.2, 0.25) is 0 Å². The van der Waals surface area contributed by atoms with Crippen molar-refractivity contribution in [3.05, 3.63) is 35.4 Å². The normalized spacial score (nSPS) is 11.9. The second-order valence-corrected chi connectivity index (χ2v) is 6.87. The highest BCUT2D eigenvalue weighted by molar-refractivity contribution is 7.98. The molecule has 128 valence electrons. The van der Waals surface area contributed by atoms with E-state index in [9.17, 15) is 4.79 Å². The number of amidine groups is 1. The topological polar surface area (TPSA) is 79.0 Å². The van der Waals surface area contributed by atoms with Crippen LogP contribution in [0.25, 0.3) is 0 Å². The molecule has 0 bridgehead atoms. The van der Waals surface area contributed by atoms with E-state index in [-0.39, 0.29) is 17.8 Å². The van der Waals surface area contributed by atoms with Crippen LogP contribution < -0.4 is 11.1 Å². The van der Waals surface area contributed by atoms with Crippen LogP contribution >= 0.6 is 24.4 Å². The minimum atomic E-state index is -0.387. The van der Waals surface area contributed by atoms with Crippen LogP contribution in [0.5, 0.6) is 0 Å². The van der Waals surface area contributed by atoms with Crippen molar-refractivity contribution >= 4 is 36.1 Å². The molecule has 4 nitrogen and oxygen atoms in total. The molecule has 1 atom stereocenters. The molecule has 4 N–H and O–H groups in total. The molecule has 0 spiro atoms. The second kappa shape index (κ2) is 11.4. The Morgan fingerprint density at radius 3 is 2.78 bits per heavy atom. The van der Waals surface area contributed by atoms with Gasteiger partial charge in [-0.1, -0.05) is 44.0 Å². The minimum Gasteiger partial charge on any atom is -0.386 e. The van der Waals surface area contributed by atoms with Gasteiger partial charge in [0, 0.05) is 23.7 Å². The van der Waals surface area contributed by atoms with Crippen LogP contribution in [0.3, 0.4) is 0 Å². The Labute approximate surface area is 148 Å². The third-order valence-corrected chi connectivity index (χ3v) is 4.92. The van der Waals surface area contributed by atoms with E-state index in [0.717, 1.165) is 30.8 Å². The largest absolute Gasteiger partial charge is 0.386 e. The molecule has 0 aromatic heterocycles. The lowest BCUT2D eigenvalue weighted by Crippen LogP contribution is -2.45. The summed E-state index contributed by atoms with van der Waals surface area (Å²) in [4.78, 5) is 11.9. The Morgan fingerprint density at radius 1 is 1.39 bits per heavy atom. The van der Waals surface area contributed by atoms with E-state index in [2.05, 4.69) is 43.1 Å². The molecule has 0 radical (unpaired) electrons. The van der Waals surface area contributed by atoms with Crippen molar-refractivity contribution in [3.8, 4) is 0 Å². The maximum Gasteiger partial charge on any atom is 0.220 e. The average molecular weight is 354 g/mol. The van der Waals surface area contributed by atoms with Gasteiger partial charge in [0.1, 0.15) is 5.84 Å². The lowest BCUT2D eigenvalue weighted by Gasteiger charge is -2.17. The number of amides is 1. The van der Waals surface area contributed by atoms with Gasteiger partial charge in [-0.15, -0.1) is 0 Å². The van der Waals surface area contributed by atoms with Crippen molar-refractivity contribution in [1.29, 1.82) is 5.41 Å². The number of carbonyl (C=O) groups is 1. The fraction of sp³-hybridized carbons (Fsp3) is 0.529. The number of nitrogens with one attached hydrogen (secondary N) is 2. The molecule has 1 rings (SSSR count). The van der Waals surface area contributed by atoms with Crippen LogP contribution in [0.1, 0.15) is 43.7 Å². The van der Waals surface area contributed by atoms with Crippen molar-refractivity contribution in [2.24, 2.45) is 5.73 Å². The summed E-state index contributed by atoms with van der Waals surface area (Å²) in [5.74, 6) is 2.17. The summed E-state index contributed by atoms with van der Waals surface area (Å²) in [6, 6.07) is 7.90. The van der Waals surface area contributed by atoms with E-state index < -0.39 is 0 Å². The summed E-state index contributed by atoms with van der Waals surface area (Å²) in [6.45, 7) is 2.11. The van der Waals surface area contributed by atoms with Crippen LogP contribution in [-0.2, 0) is 16.3 Å². The third kappa shape index (κ3) is 8.32. The first-order chi connectivity index (χ1) is 11.1. The van der Waals surface area contributed by atoms with Gasteiger partial charge in [0.15, 0.2) is 0 Å². The van der Waals surface area contributed by atoms with Gasteiger partial charge in [0.05, 0.1) is 6.04 Å². The molecule has 0 aliphatic heterocycles. The van der Waals surface area contributed by atoms with Crippen LogP contribution in [0, 0.1) is 5.41 Å². The number of rotatable bonds is 11. The number of thioether (sulfide) groups is 1. The van der Waals surface area contributed by atoms with E-state index in [4.69, 9.17) is 11.1 Å². The lowest BCUT2D eigenvalue weighted by molar-refractivity contribution is -0.121. The lowest BCUT2D eigenvalue weighted by atomic mass is 10.2. The standard InChI is InChI=1S/C17H27N3OS2/c1-2-3-4-8-16(21)20-15(17(18)19)12-23-11-14-7-5-6-13(9-14)10-22/h5-7,9,15,22H,2-4,8,10-12H2,1H3,(H3,18,19)(H,20,21)/t15-/m0/s1. The third-order valence-electron chi connectivity index (χ3n) is 3.45. The summed E-state index contributed by atoms with van der Waals surface area (Å²) < 4.78 is 0. The number of thiol groups is 1. The molecule has 0 heterocycles. The second-order valence-electron chi connectivity index (χ2n) is 5.53. The van der Waals surface area contributed by atoms with Gasteiger partial charge in [-0.25, -0.2) is 0 Å². The van der Waals surface area contributed by atoms with Crippen molar-refractivity contribution in [1.82, 2.24) is 5.32 Å². The highest BCUT2D eigenvalue weighted by atomic mass is 32.2. The van der Waals surface area contributed by atoms with E-state index in [1.807, 2.05) is 6.07 Å². The first-order valence-electron chi connectivity index (χ1n) is 7.96. The summed E-state index contributed by atoms with van der Waals surface area (Å²) in [5.41, 5.74) is 8.02. The first-order valence-corrected chi connectivity index (χ1v) is 9.75. The van der Waals surface area contributed by atoms with Gasteiger partial charge < -0.3 is 11.1 Å². The van der Waals surface area contributed by atoms with Gasteiger partial charge >= 0.3 is 0 Å². The van der Waals surface area contributed by atoms with Gasteiger partial charge in [-0.3, -0.25) is 10.2 Å². The summed E-state index contributed by atoms with van der Waals surface area (Å²) in [6.07, 6.45) is 3.53. The molecule has 0 unspecified atom stereocenters. The maximum absolute atomic E-state index is 11.9. The average Bonchev–Trinajstić information content (AvgIpc) is 2.54. The number of hydrogen-bond donors (Lipinski definition) is 4. The molecule has 6 heteroatoms. The molecule has 0 fully saturated rings. The predicted octanol–water partition coefficient (Wildman–Crippen LogP) is 3.35.